The molecule has 0 saturated heterocycles. The van der Waals surface area contributed by atoms with E-state index in [2.05, 4.69) is 14.9 Å². The van der Waals surface area contributed by atoms with Crippen LogP contribution in [0.25, 0.3) is 0 Å². The van der Waals surface area contributed by atoms with Crippen LogP contribution in [0.3, 0.4) is 0 Å². The van der Waals surface area contributed by atoms with Crippen LogP contribution in [0.4, 0.5) is 5.82 Å². The second-order valence-electron chi connectivity index (χ2n) is 4.04. The largest absolute Gasteiger partial charge is 0.383 e. The van der Waals surface area contributed by atoms with E-state index in [1.165, 1.54) is 0 Å². The Kier molecular flexibility index (Phi) is 5.86. The van der Waals surface area contributed by atoms with Gasteiger partial charge >= 0.3 is 0 Å². The number of ether oxygens (including phenoxy) is 1. The summed E-state index contributed by atoms with van der Waals surface area (Å²) in [4.78, 5) is 11.1. The number of nitrogens with two attached hydrogens (primary N) is 1. The van der Waals surface area contributed by atoms with Gasteiger partial charge in [0, 0.05) is 26.4 Å². The summed E-state index contributed by atoms with van der Waals surface area (Å²) in [5.41, 5.74) is 7.44. The van der Waals surface area contributed by atoms with E-state index in [9.17, 15) is 0 Å². The summed E-state index contributed by atoms with van der Waals surface area (Å²) in [5.74, 6) is 0.940. The summed E-state index contributed by atoms with van der Waals surface area (Å²) in [6, 6.07) is 0. The van der Waals surface area contributed by atoms with E-state index in [0.29, 0.717) is 13.2 Å². The lowest BCUT2D eigenvalue weighted by Crippen LogP contribution is -2.31. The average molecular weight is 238 g/mol. The molecule has 2 N–H and O–H groups in total. The maximum absolute atomic E-state index is 5.56. The van der Waals surface area contributed by atoms with Crippen LogP contribution in [0.2, 0.25) is 0 Å². The lowest BCUT2D eigenvalue weighted by Gasteiger charge is -2.24. The number of hydrogen-bond donors (Lipinski definition) is 1. The van der Waals surface area contributed by atoms with Crippen molar-refractivity contribution < 1.29 is 4.74 Å². The van der Waals surface area contributed by atoms with Crippen molar-refractivity contribution in [1.29, 1.82) is 0 Å². The number of nitrogens with zero attached hydrogens (tertiary/aromatic N) is 3. The Bertz CT molecular complexity index is 335. The molecule has 0 fully saturated rings. The molecule has 0 spiro atoms. The molecule has 1 heterocycles. The molecule has 1 aromatic rings. The highest BCUT2D eigenvalue weighted by atomic mass is 16.5. The Morgan fingerprint density at radius 1 is 1.35 bits per heavy atom. The van der Waals surface area contributed by atoms with E-state index >= 15 is 0 Å². The molecule has 0 radical (unpaired) electrons. The Hall–Kier alpha value is -1.20. The van der Waals surface area contributed by atoms with Crippen LogP contribution in [-0.2, 0) is 4.74 Å². The molecule has 0 saturated carbocycles. The first kappa shape index (κ1) is 13.9. The summed E-state index contributed by atoms with van der Waals surface area (Å²) >= 11 is 0. The molecule has 1 rings (SSSR count). The first-order valence-electron chi connectivity index (χ1n) is 5.93. The number of anilines is 1. The normalized spacial score (nSPS) is 10.6. The molecular weight excluding hydrogens is 216 g/mol. The van der Waals surface area contributed by atoms with Gasteiger partial charge in [-0.25, -0.2) is 4.98 Å². The molecule has 0 amide bonds. The number of hydrogen-bond acceptors (Lipinski definition) is 5. The SMILES string of the molecule is COCCN(CCCN)c1nc(C)cnc1C. The molecule has 17 heavy (non-hydrogen) atoms. The molecule has 0 bridgehead atoms. The number of methoxy groups -OCH3 is 1. The Morgan fingerprint density at radius 2 is 2.12 bits per heavy atom. The van der Waals surface area contributed by atoms with E-state index in [1.807, 2.05) is 13.8 Å². The fraction of sp³-hybridized carbons (Fsp3) is 0.667. The zero-order valence-electron chi connectivity index (χ0n) is 10.9. The lowest BCUT2D eigenvalue weighted by atomic mass is 10.3. The Labute approximate surface area is 103 Å². The molecule has 0 atom stereocenters. The summed E-state index contributed by atoms with van der Waals surface area (Å²) < 4.78 is 5.12. The molecule has 0 aliphatic rings. The maximum Gasteiger partial charge on any atom is 0.150 e. The van der Waals surface area contributed by atoms with E-state index < -0.39 is 0 Å². The second-order valence-corrected chi connectivity index (χ2v) is 4.04. The van der Waals surface area contributed by atoms with Crippen molar-refractivity contribution in [1.82, 2.24) is 9.97 Å². The van der Waals surface area contributed by atoms with Crippen molar-refractivity contribution in [2.75, 3.05) is 38.3 Å². The van der Waals surface area contributed by atoms with Gasteiger partial charge in [0.05, 0.1) is 18.0 Å². The number of rotatable bonds is 7. The van der Waals surface area contributed by atoms with Crippen molar-refractivity contribution in [2.45, 2.75) is 20.3 Å². The quantitative estimate of drug-likeness (QED) is 0.764. The van der Waals surface area contributed by atoms with Gasteiger partial charge in [-0.3, -0.25) is 4.98 Å². The molecule has 0 aliphatic carbocycles. The molecule has 5 nitrogen and oxygen atoms in total. The predicted octanol–water partition coefficient (Wildman–Crippen LogP) is 0.895. The van der Waals surface area contributed by atoms with Crippen LogP contribution >= 0.6 is 0 Å². The van der Waals surface area contributed by atoms with Crippen molar-refractivity contribution >= 4 is 5.82 Å². The monoisotopic (exact) mass is 238 g/mol. The van der Waals surface area contributed by atoms with E-state index in [1.54, 1.807) is 13.3 Å². The minimum absolute atomic E-state index is 0.680. The van der Waals surface area contributed by atoms with Gasteiger partial charge in [-0.15, -0.1) is 0 Å². The fourth-order valence-electron chi connectivity index (χ4n) is 1.63. The molecule has 0 aromatic carbocycles. The third kappa shape index (κ3) is 4.28. The van der Waals surface area contributed by atoms with Crippen molar-refractivity contribution in [2.24, 2.45) is 5.73 Å². The molecule has 0 aliphatic heterocycles. The van der Waals surface area contributed by atoms with Crippen LogP contribution in [0.15, 0.2) is 6.20 Å². The fourth-order valence-corrected chi connectivity index (χ4v) is 1.63. The van der Waals surface area contributed by atoms with Gasteiger partial charge in [0.1, 0.15) is 5.82 Å². The van der Waals surface area contributed by atoms with Crippen LogP contribution in [0, 0.1) is 13.8 Å². The molecule has 5 heteroatoms. The van der Waals surface area contributed by atoms with Gasteiger partial charge < -0.3 is 15.4 Å². The van der Waals surface area contributed by atoms with Crippen molar-refractivity contribution in [3.05, 3.63) is 17.6 Å². The molecule has 96 valence electrons. The third-order valence-corrected chi connectivity index (χ3v) is 2.55. The van der Waals surface area contributed by atoms with Gasteiger partial charge in [-0.1, -0.05) is 0 Å². The Morgan fingerprint density at radius 3 is 2.76 bits per heavy atom. The molecule has 1 aromatic heterocycles. The first-order valence-corrected chi connectivity index (χ1v) is 5.93. The number of aromatic nitrogens is 2. The Balaban J connectivity index is 2.82. The van der Waals surface area contributed by atoms with Gasteiger partial charge in [0.15, 0.2) is 0 Å². The zero-order chi connectivity index (χ0) is 12.7. The summed E-state index contributed by atoms with van der Waals surface area (Å²) in [6.07, 6.45) is 2.73. The number of aryl methyl sites for hydroxylation is 2. The van der Waals surface area contributed by atoms with Crippen molar-refractivity contribution in [3.63, 3.8) is 0 Å². The van der Waals surface area contributed by atoms with Crippen LogP contribution in [0.1, 0.15) is 17.8 Å². The summed E-state index contributed by atoms with van der Waals surface area (Å²) in [6.45, 7) is 6.99. The maximum atomic E-state index is 5.56. The lowest BCUT2D eigenvalue weighted by molar-refractivity contribution is 0.205. The highest BCUT2D eigenvalue weighted by Crippen LogP contribution is 2.15. The van der Waals surface area contributed by atoms with E-state index in [-0.39, 0.29) is 0 Å². The minimum Gasteiger partial charge on any atom is -0.383 e. The smallest absolute Gasteiger partial charge is 0.150 e. The third-order valence-electron chi connectivity index (χ3n) is 2.55. The van der Waals surface area contributed by atoms with Gasteiger partial charge in [-0.2, -0.15) is 0 Å². The zero-order valence-corrected chi connectivity index (χ0v) is 10.9. The first-order chi connectivity index (χ1) is 8.19. The van der Waals surface area contributed by atoms with Gasteiger partial charge in [0.2, 0.25) is 0 Å². The minimum atomic E-state index is 0.680. The van der Waals surface area contributed by atoms with Crippen molar-refractivity contribution in [3.8, 4) is 0 Å². The highest BCUT2D eigenvalue weighted by molar-refractivity contribution is 5.43. The predicted molar refractivity (Wildman–Crippen MR) is 69.3 cm³/mol. The van der Waals surface area contributed by atoms with E-state index in [0.717, 1.165) is 36.7 Å². The molecular formula is C12H22N4O. The van der Waals surface area contributed by atoms with E-state index in [4.69, 9.17) is 10.5 Å². The van der Waals surface area contributed by atoms with Gasteiger partial charge in [-0.05, 0) is 26.8 Å². The topological polar surface area (TPSA) is 64.3 Å². The highest BCUT2D eigenvalue weighted by Gasteiger charge is 2.11. The van der Waals surface area contributed by atoms with Crippen LogP contribution < -0.4 is 10.6 Å². The average Bonchev–Trinajstić information content (AvgIpc) is 2.33. The standard InChI is InChI=1S/C12H22N4O/c1-10-9-14-11(2)12(15-10)16(6-4-5-13)7-8-17-3/h9H,4-8,13H2,1-3H3. The summed E-state index contributed by atoms with van der Waals surface area (Å²) in [5, 5.41) is 0. The van der Waals surface area contributed by atoms with Crippen LogP contribution in [-0.4, -0.2) is 43.3 Å². The summed E-state index contributed by atoms with van der Waals surface area (Å²) in [7, 11) is 1.70. The molecule has 0 unspecified atom stereocenters. The van der Waals surface area contributed by atoms with Crippen LogP contribution in [0.5, 0.6) is 0 Å². The van der Waals surface area contributed by atoms with Gasteiger partial charge in [0.25, 0.3) is 0 Å². The second kappa shape index (κ2) is 7.19.